The second-order valence-electron chi connectivity index (χ2n) is 5.59. The van der Waals surface area contributed by atoms with Gasteiger partial charge in [0, 0.05) is 24.0 Å². The monoisotopic (exact) mass is 349 g/mol. The molecule has 0 aliphatic heterocycles. The Bertz CT molecular complexity index is 811. The van der Waals surface area contributed by atoms with Crippen LogP contribution >= 0.6 is 11.6 Å². The number of hydrogen-bond acceptors (Lipinski definition) is 2. The highest BCUT2D eigenvalue weighted by atomic mass is 35.5. The van der Waals surface area contributed by atoms with Gasteiger partial charge in [-0.05, 0) is 48.7 Å². The number of halogens is 1. The van der Waals surface area contributed by atoms with E-state index in [1.807, 2.05) is 26.0 Å². The van der Waals surface area contributed by atoms with Crippen molar-refractivity contribution in [2.45, 2.75) is 20.4 Å². The Morgan fingerprint density at radius 3 is 2.35 bits per heavy atom. The Hall–Kier alpha value is -1.62. The summed E-state index contributed by atoms with van der Waals surface area (Å²) in [6.45, 7) is 4.36. The smallest absolute Gasteiger partial charge is 0.208 e. The quantitative estimate of drug-likeness (QED) is 0.802. The van der Waals surface area contributed by atoms with Crippen LogP contribution in [-0.2, 0) is 16.6 Å². The predicted molar refractivity (Wildman–Crippen MR) is 96.8 cm³/mol. The van der Waals surface area contributed by atoms with E-state index in [1.165, 1.54) is 15.3 Å². The third-order valence-corrected chi connectivity index (χ3v) is 5.36. The third-order valence-electron chi connectivity index (χ3n) is 3.63. The highest BCUT2D eigenvalue weighted by molar-refractivity contribution is 7.92. The van der Waals surface area contributed by atoms with Crippen LogP contribution in [0.5, 0.6) is 0 Å². The highest BCUT2D eigenvalue weighted by Gasteiger charge is 2.15. The summed E-state index contributed by atoms with van der Waals surface area (Å²) >= 11 is 5.82. The van der Waals surface area contributed by atoms with Crippen molar-refractivity contribution in [1.82, 2.24) is 4.31 Å². The normalized spacial score (nSPS) is 12.2. The molecule has 0 unspecified atom stereocenters. The van der Waals surface area contributed by atoms with E-state index in [0.717, 1.165) is 16.7 Å². The van der Waals surface area contributed by atoms with Gasteiger partial charge in [-0.25, -0.2) is 8.42 Å². The Morgan fingerprint density at radius 2 is 1.74 bits per heavy atom. The molecule has 0 radical (unpaired) electrons. The van der Waals surface area contributed by atoms with Crippen LogP contribution < -0.4 is 0 Å². The lowest BCUT2D eigenvalue weighted by molar-refractivity contribution is 0.474. The third kappa shape index (κ3) is 4.93. The SMILES string of the molecule is Cc1ccc(CN(C)S(=O)(=O)/C=C/c2ccc(Cl)cc2)c(C)c1. The van der Waals surface area contributed by atoms with Gasteiger partial charge in [0.05, 0.1) is 0 Å². The van der Waals surface area contributed by atoms with Crippen molar-refractivity contribution in [3.05, 3.63) is 75.1 Å². The van der Waals surface area contributed by atoms with Crippen LogP contribution in [0, 0.1) is 13.8 Å². The van der Waals surface area contributed by atoms with Crippen molar-refractivity contribution in [3.8, 4) is 0 Å². The largest absolute Gasteiger partial charge is 0.236 e. The number of rotatable bonds is 5. The van der Waals surface area contributed by atoms with Gasteiger partial charge in [0.2, 0.25) is 10.0 Å². The van der Waals surface area contributed by atoms with E-state index in [9.17, 15) is 8.42 Å². The Morgan fingerprint density at radius 1 is 1.09 bits per heavy atom. The van der Waals surface area contributed by atoms with E-state index in [1.54, 1.807) is 37.4 Å². The summed E-state index contributed by atoms with van der Waals surface area (Å²) in [4.78, 5) is 0. The molecule has 2 aromatic carbocycles. The van der Waals surface area contributed by atoms with Gasteiger partial charge in [-0.2, -0.15) is 4.31 Å². The average molecular weight is 350 g/mol. The second-order valence-corrected chi connectivity index (χ2v) is 7.95. The lowest BCUT2D eigenvalue weighted by Crippen LogP contribution is -2.24. The maximum atomic E-state index is 12.4. The molecular formula is C18H20ClNO2S. The molecule has 0 bridgehead atoms. The zero-order valence-electron chi connectivity index (χ0n) is 13.5. The van der Waals surface area contributed by atoms with E-state index in [-0.39, 0.29) is 0 Å². The van der Waals surface area contributed by atoms with Gasteiger partial charge in [0.25, 0.3) is 0 Å². The van der Waals surface area contributed by atoms with Crippen molar-refractivity contribution < 1.29 is 8.42 Å². The van der Waals surface area contributed by atoms with Gasteiger partial charge in [-0.15, -0.1) is 0 Å². The van der Waals surface area contributed by atoms with Crippen LogP contribution in [0.4, 0.5) is 0 Å². The molecule has 2 aromatic rings. The molecule has 0 aliphatic rings. The average Bonchev–Trinajstić information content (AvgIpc) is 2.49. The van der Waals surface area contributed by atoms with Crippen LogP contribution in [0.3, 0.4) is 0 Å². The molecule has 0 heterocycles. The molecule has 122 valence electrons. The topological polar surface area (TPSA) is 37.4 Å². The minimum absolute atomic E-state index is 0.347. The Balaban J connectivity index is 2.13. The van der Waals surface area contributed by atoms with Crippen molar-refractivity contribution >= 4 is 27.7 Å². The van der Waals surface area contributed by atoms with Crippen LogP contribution in [0.25, 0.3) is 6.08 Å². The molecule has 0 amide bonds. The first-order chi connectivity index (χ1) is 10.8. The number of benzene rings is 2. The summed E-state index contributed by atoms with van der Waals surface area (Å²) < 4.78 is 26.1. The zero-order chi connectivity index (χ0) is 17.0. The van der Waals surface area contributed by atoms with Gasteiger partial charge in [-0.1, -0.05) is 47.5 Å². The molecule has 0 saturated heterocycles. The molecule has 0 aliphatic carbocycles. The van der Waals surface area contributed by atoms with Crippen molar-refractivity contribution in [2.24, 2.45) is 0 Å². The van der Waals surface area contributed by atoms with Gasteiger partial charge in [0.1, 0.15) is 0 Å². The summed E-state index contributed by atoms with van der Waals surface area (Å²) in [7, 11) is -1.89. The summed E-state index contributed by atoms with van der Waals surface area (Å²) in [6.07, 6.45) is 1.57. The van der Waals surface area contributed by atoms with E-state index >= 15 is 0 Å². The number of nitrogens with zero attached hydrogens (tertiary/aromatic N) is 1. The molecule has 0 spiro atoms. The van der Waals surface area contributed by atoms with Gasteiger partial charge in [-0.3, -0.25) is 0 Å². The fourth-order valence-corrected chi connectivity index (χ4v) is 3.18. The Labute approximate surface area is 143 Å². The van der Waals surface area contributed by atoms with E-state index in [4.69, 9.17) is 11.6 Å². The zero-order valence-corrected chi connectivity index (χ0v) is 15.0. The van der Waals surface area contributed by atoms with E-state index in [0.29, 0.717) is 11.6 Å². The first kappa shape index (κ1) is 17.7. The molecule has 0 fully saturated rings. The summed E-state index contributed by atoms with van der Waals surface area (Å²) in [5.41, 5.74) is 4.05. The van der Waals surface area contributed by atoms with Crippen LogP contribution in [0.1, 0.15) is 22.3 Å². The van der Waals surface area contributed by atoms with Crippen LogP contribution in [0.2, 0.25) is 5.02 Å². The van der Waals surface area contributed by atoms with Crippen molar-refractivity contribution in [2.75, 3.05) is 7.05 Å². The van der Waals surface area contributed by atoms with Crippen molar-refractivity contribution in [1.29, 1.82) is 0 Å². The number of hydrogen-bond donors (Lipinski definition) is 0. The summed E-state index contributed by atoms with van der Waals surface area (Å²) in [6, 6.07) is 13.0. The summed E-state index contributed by atoms with van der Waals surface area (Å²) in [5.74, 6) is 0. The molecule has 0 atom stereocenters. The molecule has 5 heteroatoms. The van der Waals surface area contributed by atoms with Crippen molar-refractivity contribution in [3.63, 3.8) is 0 Å². The summed E-state index contributed by atoms with van der Waals surface area (Å²) in [5, 5.41) is 1.84. The Kier molecular flexibility index (Phi) is 5.63. The standard InChI is InChI=1S/C18H20ClNO2S/c1-14-4-7-17(15(2)12-14)13-20(3)23(21,22)11-10-16-5-8-18(19)9-6-16/h4-12H,13H2,1-3H3/b11-10+. The minimum atomic E-state index is -3.47. The fourth-order valence-electron chi connectivity index (χ4n) is 2.20. The van der Waals surface area contributed by atoms with Gasteiger partial charge in [0.15, 0.2) is 0 Å². The molecule has 23 heavy (non-hydrogen) atoms. The van der Waals surface area contributed by atoms with Gasteiger partial charge >= 0.3 is 0 Å². The maximum absolute atomic E-state index is 12.4. The fraction of sp³-hybridized carbons (Fsp3) is 0.222. The molecule has 3 nitrogen and oxygen atoms in total. The van der Waals surface area contributed by atoms with Gasteiger partial charge < -0.3 is 0 Å². The second kappa shape index (κ2) is 7.30. The minimum Gasteiger partial charge on any atom is -0.208 e. The molecule has 2 rings (SSSR count). The first-order valence-electron chi connectivity index (χ1n) is 7.24. The number of sulfonamides is 1. The number of aryl methyl sites for hydroxylation is 2. The lowest BCUT2D eigenvalue weighted by atomic mass is 10.1. The van der Waals surface area contributed by atoms with Crippen LogP contribution in [0.15, 0.2) is 47.9 Å². The molecule has 0 aromatic heterocycles. The lowest BCUT2D eigenvalue weighted by Gasteiger charge is -2.16. The first-order valence-corrected chi connectivity index (χ1v) is 9.12. The van der Waals surface area contributed by atoms with E-state index in [2.05, 4.69) is 6.07 Å². The molecule has 0 N–H and O–H groups in total. The van der Waals surface area contributed by atoms with Crippen LogP contribution in [-0.4, -0.2) is 19.8 Å². The maximum Gasteiger partial charge on any atom is 0.236 e. The van der Waals surface area contributed by atoms with E-state index < -0.39 is 10.0 Å². The highest BCUT2D eigenvalue weighted by Crippen LogP contribution is 2.16. The molecule has 0 saturated carbocycles. The molecular weight excluding hydrogens is 330 g/mol. The predicted octanol–water partition coefficient (Wildman–Crippen LogP) is 4.39.